The van der Waals surface area contributed by atoms with Crippen molar-refractivity contribution in [1.82, 2.24) is 9.78 Å². The Labute approximate surface area is 120 Å². The number of nitrogens with zero attached hydrogens (tertiary/aromatic N) is 2. The van der Waals surface area contributed by atoms with Gasteiger partial charge in [-0.05, 0) is 38.2 Å². The van der Waals surface area contributed by atoms with Crippen molar-refractivity contribution in [1.29, 1.82) is 0 Å². The van der Waals surface area contributed by atoms with Gasteiger partial charge in [0.2, 0.25) is 0 Å². The minimum absolute atomic E-state index is 0.0415. The van der Waals surface area contributed by atoms with Gasteiger partial charge < -0.3 is 0 Å². The first-order valence-corrected chi connectivity index (χ1v) is 7.79. The minimum Gasteiger partial charge on any atom is -0.272 e. The molecule has 1 fully saturated rings. The molecule has 0 atom stereocenters. The molecular formula is C14H22Cl2N2. The molecule has 2 nitrogen and oxygen atoms in total. The van der Waals surface area contributed by atoms with Crippen LogP contribution in [-0.2, 0) is 13.5 Å². The summed E-state index contributed by atoms with van der Waals surface area (Å²) < 4.78 is 1.97. The molecule has 0 unspecified atom stereocenters. The smallest absolute Gasteiger partial charge is 0.0596 e. The molecular weight excluding hydrogens is 267 g/mol. The average Bonchev–Trinajstić information content (AvgIpc) is 2.97. The standard InChI is InChI=1S/C14H22Cl2N2/c1-11-7-13(18(2)17-11)8-14(9-15,10-16)12-5-3-4-6-12/h7,12H,3-6,8-10H2,1-2H3. The molecule has 1 saturated carbocycles. The minimum atomic E-state index is 0.0415. The molecule has 0 bridgehead atoms. The molecule has 1 heterocycles. The Bertz CT molecular complexity index is 390. The summed E-state index contributed by atoms with van der Waals surface area (Å²) in [6.07, 6.45) is 6.14. The molecule has 1 aromatic rings. The lowest BCUT2D eigenvalue weighted by Crippen LogP contribution is -2.36. The summed E-state index contributed by atoms with van der Waals surface area (Å²) in [5.74, 6) is 1.96. The average molecular weight is 289 g/mol. The topological polar surface area (TPSA) is 17.8 Å². The second-order valence-electron chi connectivity index (χ2n) is 5.69. The van der Waals surface area contributed by atoms with Crippen LogP contribution in [0.25, 0.3) is 0 Å². The summed E-state index contributed by atoms with van der Waals surface area (Å²) in [4.78, 5) is 0. The normalized spacial score (nSPS) is 17.6. The highest BCUT2D eigenvalue weighted by molar-refractivity contribution is 6.21. The Morgan fingerprint density at radius 3 is 2.39 bits per heavy atom. The van der Waals surface area contributed by atoms with Crippen LogP contribution in [0.2, 0.25) is 0 Å². The van der Waals surface area contributed by atoms with Crippen molar-refractivity contribution in [3.05, 3.63) is 17.5 Å². The fraction of sp³-hybridized carbons (Fsp3) is 0.786. The maximum absolute atomic E-state index is 6.30. The van der Waals surface area contributed by atoms with Crippen LogP contribution in [0, 0.1) is 18.3 Å². The van der Waals surface area contributed by atoms with Crippen molar-refractivity contribution in [2.75, 3.05) is 11.8 Å². The third-order valence-electron chi connectivity index (χ3n) is 4.39. The van der Waals surface area contributed by atoms with Crippen molar-refractivity contribution in [3.63, 3.8) is 0 Å². The lowest BCUT2D eigenvalue weighted by molar-refractivity contribution is 0.220. The van der Waals surface area contributed by atoms with Gasteiger partial charge in [-0.15, -0.1) is 23.2 Å². The van der Waals surface area contributed by atoms with E-state index in [1.807, 2.05) is 18.7 Å². The Morgan fingerprint density at radius 1 is 1.33 bits per heavy atom. The molecule has 102 valence electrons. The zero-order valence-electron chi connectivity index (χ0n) is 11.3. The summed E-state index contributed by atoms with van der Waals surface area (Å²) in [5, 5.41) is 4.42. The highest BCUT2D eigenvalue weighted by atomic mass is 35.5. The van der Waals surface area contributed by atoms with Gasteiger partial charge in [-0.3, -0.25) is 4.68 Å². The Kier molecular flexibility index (Phi) is 4.60. The van der Waals surface area contributed by atoms with Crippen LogP contribution in [0.15, 0.2) is 6.07 Å². The molecule has 1 aromatic heterocycles. The summed E-state index contributed by atoms with van der Waals surface area (Å²) in [5.41, 5.74) is 2.36. The van der Waals surface area contributed by atoms with Gasteiger partial charge in [0, 0.05) is 29.9 Å². The summed E-state index contributed by atoms with van der Waals surface area (Å²) in [7, 11) is 2.00. The van der Waals surface area contributed by atoms with Crippen LogP contribution >= 0.6 is 23.2 Å². The van der Waals surface area contributed by atoms with E-state index in [0.29, 0.717) is 17.7 Å². The first kappa shape index (κ1) is 14.2. The molecule has 18 heavy (non-hydrogen) atoms. The molecule has 1 aliphatic rings. The van der Waals surface area contributed by atoms with E-state index in [2.05, 4.69) is 11.2 Å². The molecule has 0 saturated heterocycles. The van der Waals surface area contributed by atoms with E-state index in [-0.39, 0.29) is 5.41 Å². The third kappa shape index (κ3) is 2.70. The number of aryl methyl sites for hydroxylation is 2. The van der Waals surface area contributed by atoms with E-state index in [4.69, 9.17) is 23.2 Å². The van der Waals surface area contributed by atoms with Crippen molar-refractivity contribution in [2.45, 2.75) is 39.0 Å². The number of rotatable bonds is 5. The van der Waals surface area contributed by atoms with Crippen LogP contribution in [-0.4, -0.2) is 21.5 Å². The molecule has 0 N–H and O–H groups in total. The van der Waals surface area contributed by atoms with E-state index in [0.717, 1.165) is 12.1 Å². The fourth-order valence-electron chi connectivity index (χ4n) is 3.22. The first-order chi connectivity index (χ1) is 8.61. The summed E-state index contributed by atoms with van der Waals surface area (Å²) >= 11 is 12.6. The number of hydrogen-bond acceptors (Lipinski definition) is 1. The number of hydrogen-bond donors (Lipinski definition) is 0. The summed E-state index contributed by atoms with van der Waals surface area (Å²) in [6.45, 7) is 2.03. The van der Waals surface area contributed by atoms with Crippen LogP contribution in [0.3, 0.4) is 0 Å². The third-order valence-corrected chi connectivity index (χ3v) is 5.45. The molecule has 2 rings (SSSR count). The second-order valence-corrected chi connectivity index (χ2v) is 6.22. The first-order valence-electron chi connectivity index (χ1n) is 6.73. The molecule has 1 aliphatic carbocycles. The predicted octanol–water partition coefficient (Wildman–Crippen LogP) is 3.93. The van der Waals surface area contributed by atoms with E-state index in [9.17, 15) is 0 Å². The van der Waals surface area contributed by atoms with Crippen molar-refractivity contribution >= 4 is 23.2 Å². The monoisotopic (exact) mass is 288 g/mol. The molecule has 0 aliphatic heterocycles. The molecule has 0 spiro atoms. The quantitative estimate of drug-likeness (QED) is 0.751. The van der Waals surface area contributed by atoms with E-state index < -0.39 is 0 Å². The van der Waals surface area contributed by atoms with Gasteiger partial charge in [0.25, 0.3) is 0 Å². The van der Waals surface area contributed by atoms with E-state index in [1.165, 1.54) is 31.4 Å². The van der Waals surface area contributed by atoms with Crippen LogP contribution < -0.4 is 0 Å². The van der Waals surface area contributed by atoms with Crippen molar-refractivity contribution in [2.24, 2.45) is 18.4 Å². The van der Waals surface area contributed by atoms with Crippen LogP contribution in [0.5, 0.6) is 0 Å². The molecule has 0 amide bonds. The van der Waals surface area contributed by atoms with Gasteiger partial charge in [-0.1, -0.05) is 12.8 Å². The number of alkyl halides is 2. The van der Waals surface area contributed by atoms with Crippen molar-refractivity contribution in [3.8, 4) is 0 Å². The SMILES string of the molecule is Cc1cc(CC(CCl)(CCl)C2CCCC2)n(C)n1. The maximum atomic E-state index is 6.30. The fourth-order valence-corrected chi connectivity index (χ4v) is 4.13. The highest BCUT2D eigenvalue weighted by Gasteiger charge is 2.39. The maximum Gasteiger partial charge on any atom is 0.0596 e. The molecule has 0 aromatic carbocycles. The Morgan fingerprint density at radius 2 is 1.94 bits per heavy atom. The lowest BCUT2D eigenvalue weighted by Gasteiger charge is -2.36. The zero-order chi connectivity index (χ0) is 13.2. The highest BCUT2D eigenvalue weighted by Crippen LogP contribution is 2.44. The van der Waals surface area contributed by atoms with Gasteiger partial charge in [-0.2, -0.15) is 5.10 Å². The van der Waals surface area contributed by atoms with Crippen molar-refractivity contribution < 1.29 is 0 Å². The van der Waals surface area contributed by atoms with Gasteiger partial charge in [-0.25, -0.2) is 0 Å². The van der Waals surface area contributed by atoms with Gasteiger partial charge in [0.05, 0.1) is 5.69 Å². The van der Waals surface area contributed by atoms with E-state index >= 15 is 0 Å². The Balaban J connectivity index is 2.22. The van der Waals surface area contributed by atoms with Gasteiger partial charge in [0.15, 0.2) is 0 Å². The largest absolute Gasteiger partial charge is 0.272 e. The van der Waals surface area contributed by atoms with Gasteiger partial charge >= 0.3 is 0 Å². The second kappa shape index (κ2) is 5.83. The van der Waals surface area contributed by atoms with Crippen LogP contribution in [0.1, 0.15) is 37.1 Å². The van der Waals surface area contributed by atoms with E-state index in [1.54, 1.807) is 0 Å². The van der Waals surface area contributed by atoms with Gasteiger partial charge in [0.1, 0.15) is 0 Å². The number of aromatic nitrogens is 2. The molecule has 4 heteroatoms. The Hall–Kier alpha value is -0.210. The number of halogens is 2. The molecule has 0 radical (unpaired) electrons. The van der Waals surface area contributed by atoms with Crippen LogP contribution in [0.4, 0.5) is 0 Å². The zero-order valence-corrected chi connectivity index (χ0v) is 12.8. The predicted molar refractivity (Wildman–Crippen MR) is 77.5 cm³/mol. The lowest BCUT2D eigenvalue weighted by atomic mass is 9.74. The summed E-state index contributed by atoms with van der Waals surface area (Å²) in [6, 6.07) is 2.16.